The standard InChI is InChI=1S/C13H20F4O6S/c1-2-11(5-3-4-6-11)23-10(18)9-22-8-7-12(14,15)13(16,17)24(19,20)21/h2-9H2,1H3,(H,19,20,21)/p-1. The molecule has 24 heavy (non-hydrogen) atoms. The van der Waals surface area contributed by atoms with Gasteiger partial charge in [-0.1, -0.05) is 6.92 Å². The van der Waals surface area contributed by atoms with Gasteiger partial charge in [0.1, 0.15) is 12.2 Å². The Kier molecular flexibility index (Phi) is 6.62. The lowest BCUT2D eigenvalue weighted by Gasteiger charge is -2.28. The first-order valence-electron chi connectivity index (χ1n) is 7.37. The fourth-order valence-corrected chi connectivity index (χ4v) is 2.97. The van der Waals surface area contributed by atoms with E-state index in [2.05, 4.69) is 4.74 Å². The van der Waals surface area contributed by atoms with Crippen LogP contribution in [0.15, 0.2) is 0 Å². The van der Waals surface area contributed by atoms with Gasteiger partial charge in [0.05, 0.1) is 6.61 Å². The lowest BCUT2D eigenvalue weighted by molar-refractivity contribution is -0.177. The molecule has 11 heteroatoms. The van der Waals surface area contributed by atoms with Crippen molar-refractivity contribution < 1.29 is 44.8 Å². The highest BCUT2D eigenvalue weighted by Gasteiger charge is 2.61. The summed E-state index contributed by atoms with van der Waals surface area (Å²) in [6.45, 7) is 0.0747. The van der Waals surface area contributed by atoms with Gasteiger partial charge in [0.25, 0.3) is 0 Å². The number of rotatable bonds is 9. The van der Waals surface area contributed by atoms with Crippen LogP contribution in [0, 0.1) is 0 Å². The molecule has 0 amide bonds. The average molecular weight is 379 g/mol. The van der Waals surface area contributed by atoms with Crippen LogP contribution in [0.4, 0.5) is 17.6 Å². The first kappa shape index (κ1) is 21.1. The first-order chi connectivity index (χ1) is 10.9. The van der Waals surface area contributed by atoms with Gasteiger partial charge >= 0.3 is 17.1 Å². The number of ether oxygens (including phenoxy) is 2. The molecular formula is C13H19F4O6S-. The molecule has 1 aliphatic carbocycles. The summed E-state index contributed by atoms with van der Waals surface area (Å²) in [7, 11) is -6.52. The lowest BCUT2D eigenvalue weighted by atomic mass is 9.99. The number of esters is 1. The monoisotopic (exact) mass is 379 g/mol. The highest BCUT2D eigenvalue weighted by molar-refractivity contribution is 7.86. The Labute approximate surface area is 137 Å². The van der Waals surface area contributed by atoms with Crippen LogP contribution in [0.5, 0.6) is 0 Å². The van der Waals surface area contributed by atoms with Crippen LogP contribution in [0.25, 0.3) is 0 Å². The zero-order valence-corrected chi connectivity index (χ0v) is 13.8. The van der Waals surface area contributed by atoms with Crippen molar-refractivity contribution in [3.8, 4) is 0 Å². The number of carbonyl (C=O) groups excluding carboxylic acids is 1. The van der Waals surface area contributed by atoms with E-state index in [-0.39, 0.29) is 0 Å². The van der Waals surface area contributed by atoms with Gasteiger partial charge in [-0.05, 0) is 32.1 Å². The van der Waals surface area contributed by atoms with Gasteiger partial charge < -0.3 is 14.0 Å². The molecule has 142 valence electrons. The van der Waals surface area contributed by atoms with Crippen LogP contribution in [-0.2, 0) is 24.4 Å². The summed E-state index contributed by atoms with van der Waals surface area (Å²) < 4.78 is 92.4. The molecule has 0 aromatic carbocycles. The zero-order chi connectivity index (χ0) is 18.6. The van der Waals surface area contributed by atoms with Gasteiger partial charge in [-0.15, -0.1) is 0 Å². The maximum atomic E-state index is 13.1. The van der Waals surface area contributed by atoms with Crippen LogP contribution in [0.2, 0.25) is 0 Å². The van der Waals surface area contributed by atoms with Crippen molar-refractivity contribution >= 4 is 16.1 Å². The van der Waals surface area contributed by atoms with E-state index in [0.717, 1.165) is 12.8 Å². The second kappa shape index (κ2) is 7.52. The smallest absolute Gasteiger partial charge is 0.396 e. The van der Waals surface area contributed by atoms with Crippen LogP contribution in [0.3, 0.4) is 0 Å². The number of hydrogen-bond donors (Lipinski definition) is 0. The summed E-state index contributed by atoms with van der Waals surface area (Å²) in [5.41, 5.74) is -0.603. The summed E-state index contributed by atoms with van der Waals surface area (Å²) in [5.74, 6) is -5.92. The molecule has 0 aliphatic heterocycles. The predicted octanol–water partition coefficient (Wildman–Crippen LogP) is 2.43. The Bertz CT molecular complexity index is 543. The maximum absolute atomic E-state index is 13.1. The van der Waals surface area contributed by atoms with E-state index in [4.69, 9.17) is 4.74 Å². The Balaban J connectivity index is 2.44. The molecule has 0 spiro atoms. The van der Waals surface area contributed by atoms with Crippen molar-refractivity contribution in [3.05, 3.63) is 0 Å². The second-order valence-corrected chi connectivity index (χ2v) is 7.12. The third-order valence-electron chi connectivity index (χ3n) is 4.01. The van der Waals surface area contributed by atoms with Crippen molar-refractivity contribution in [2.45, 2.75) is 62.2 Å². The normalized spacial score (nSPS) is 18.6. The fourth-order valence-electron chi connectivity index (χ4n) is 2.50. The topological polar surface area (TPSA) is 92.7 Å². The molecule has 6 nitrogen and oxygen atoms in total. The van der Waals surface area contributed by atoms with E-state index in [0.29, 0.717) is 19.3 Å². The molecule has 0 unspecified atom stereocenters. The molecule has 0 heterocycles. The van der Waals surface area contributed by atoms with E-state index >= 15 is 0 Å². The molecule has 0 saturated heterocycles. The third kappa shape index (κ3) is 4.79. The van der Waals surface area contributed by atoms with Gasteiger partial charge in [0.2, 0.25) is 0 Å². The first-order valence-corrected chi connectivity index (χ1v) is 8.78. The van der Waals surface area contributed by atoms with E-state index in [9.17, 15) is 35.3 Å². The highest BCUT2D eigenvalue weighted by atomic mass is 32.2. The number of halogens is 4. The van der Waals surface area contributed by atoms with Gasteiger partial charge in [0.15, 0.2) is 10.1 Å². The molecule has 0 atom stereocenters. The maximum Gasteiger partial charge on any atom is 0.396 e. The number of hydrogen-bond acceptors (Lipinski definition) is 6. The predicted molar refractivity (Wildman–Crippen MR) is 72.6 cm³/mol. The molecule has 1 saturated carbocycles. The van der Waals surface area contributed by atoms with E-state index in [1.165, 1.54) is 0 Å². The van der Waals surface area contributed by atoms with Crippen LogP contribution in [0.1, 0.15) is 45.4 Å². The Morgan fingerprint density at radius 1 is 1.21 bits per heavy atom. The quantitative estimate of drug-likeness (QED) is 0.264. The van der Waals surface area contributed by atoms with Crippen molar-refractivity contribution in [1.29, 1.82) is 0 Å². The largest absolute Gasteiger partial charge is 0.743 e. The minimum Gasteiger partial charge on any atom is -0.743 e. The molecule has 1 fully saturated rings. The van der Waals surface area contributed by atoms with Crippen molar-refractivity contribution in [3.63, 3.8) is 0 Å². The third-order valence-corrected chi connectivity index (χ3v) is 4.94. The highest BCUT2D eigenvalue weighted by Crippen LogP contribution is 2.40. The van der Waals surface area contributed by atoms with Gasteiger partial charge in [0, 0.05) is 6.42 Å². The molecule has 0 bridgehead atoms. The molecule has 0 aromatic rings. The minimum atomic E-state index is -6.52. The van der Waals surface area contributed by atoms with Crippen LogP contribution < -0.4 is 0 Å². The Hall–Kier alpha value is -0.940. The van der Waals surface area contributed by atoms with Gasteiger partial charge in [-0.2, -0.15) is 17.6 Å². The molecule has 1 rings (SSSR count). The van der Waals surface area contributed by atoms with E-state index in [1.54, 1.807) is 0 Å². The average Bonchev–Trinajstić information content (AvgIpc) is 2.91. The SMILES string of the molecule is CCC1(OC(=O)COCCC(F)(F)C(F)(F)S(=O)(=O)[O-])CCCC1. The fraction of sp³-hybridized carbons (Fsp3) is 0.923. The molecule has 0 radical (unpaired) electrons. The van der Waals surface area contributed by atoms with E-state index < -0.39 is 52.5 Å². The number of carbonyl (C=O) groups is 1. The summed E-state index contributed by atoms with van der Waals surface area (Å²) in [5, 5.41) is -5.75. The van der Waals surface area contributed by atoms with Crippen LogP contribution >= 0.6 is 0 Å². The van der Waals surface area contributed by atoms with Crippen molar-refractivity contribution in [1.82, 2.24) is 0 Å². The second-order valence-electron chi connectivity index (χ2n) is 5.70. The summed E-state index contributed by atoms with van der Waals surface area (Å²) in [4.78, 5) is 11.6. The molecule has 1 aliphatic rings. The number of alkyl halides is 4. The van der Waals surface area contributed by atoms with Crippen molar-refractivity contribution in [2.24, 2.45) is 0 Å². The van der Waals surface area contributed by atoms with E-state index in [1.807, 2.05) is 6.92 Å². The van der Waals surface area contributed by atoms with Crippen LogP contribution in [-0.4, -0.2) is 48.9 Å². The van der Waals surface area contributed by atoms with Gasteiger partial charge in [-0.25, -0.2) is 13.2 Å². The minimum absolute atomic E-state index is 0.588. The zero-order valence-electron chi connectivity index (χ0n) is 13.0. The summed E-state index contributed by atoms with van der Waals surface area (Å²) >= 11 is 0. The van der Waals surface area contributed by atoms with Gasteiger partial charge in [-0.3, -0.25) is 0 Å². The Morgan fingerprint density at radius 2 is 1.75 bits per heavy atom. The lowest BCUT2D eigenvalue weighted by Crippen LogP contribution is -2.47. The summed E-state index contributed by atoms with van der Waals surface area (Å²) in [6.07, 6.45) is 2.01. The molecule has 0 N–H and O–H groups in total. The van der Waals surface area contributed by atoms with Crippen molar-refractivity contribution in [2.75, 3.05) is 13.2 Å². The summed E-state index contributed by atoms with van der Waals surface area (Å²) in [6, 6.07) is 0. The Morgan fingerprint density at radius 3 is 2.21 bits per heavy atom. The molecule has 0 aromatic heterocycles. The molecular weight excluding hydrogens is 360 g/mol.